The highest BCUT2D eigenvalue weighted by Gasteiger charge is 2.37. The number of carbonyl (C=O) groups excluding carboxylic acids is 3. The Balaban J connectivity index is 3.52. The molecule has 7 nitrogen and oxygen atoms in total. The van der Waals surface area contributed by atoms with Crippen LogP contribution in [0.5, 0.6) is 0 Å². The fourth-order valence-corrected chi connectivity index (χ4v) is 4.03. The fourth-order valence-electron chi connectivity index (χ4n) is 4.03. The normalized spacial score (nSPS) is 13.7. The van der Waals surface area contributed by atoms with E-state index in [0.717, 1.165) is 16.7 Å². The molecule has 0 fully saturated rings. The average Bonchev–Trinajstić information content (AvgIpc) is 2.62. The Bertz CT molecular complexity index is 861. The molecule has 198 valence electrons. The van der Waals surface area contributed by atoms with Crippen LogP contribution in [0.3, 0.4) is 0 Å². The van der Waals surface area contributed by atoms with Crippen LogP contribution >= 0.6 is 0 Å². The highest BCUT2D eigenvalue weighted by Crippen LogP contribution is 2.27. The van der Waals surface area contributed by atoms with Crippen molar-refractivity contribution in [3.8, 4) is 0 Å². The Morgan fingerprint density at radius 1 is 0.971 bits per heavy atom. The summed E-state index contributed by atoms with van der Waals surface area (Å²) in [5.74, 6) is -0.394. The number of nitrogens with zero attached hydrogens (tertiary/aromatic N) is 1. The minimum absolute atomic E-state index is 0.144. The molecule has 0 radical (unpaired) electrons. The van der Waals surface area contributed by atoms with Crippen LogP contribution in [0.15, 0.2) is 18.2 Å². The smallest absolute Gasteiger partial charge is 0.408 e. The molecular weight excluding hydrogens is 442 g/mol. The predicted molar refractivity (Wildman–Crippen MR) is 141 cm³/mol. The number of nitrogens with one attached hydrogen (secondary N) is 2. The molecule has 0 saturated heterocycles. The van der Waals surface area contributed by atoms with Gasteiger partial charge in [-0.2, -0.15) is 0 Å². The highest BCUT2D eigenvalue weighted by molar-refractivity contribution is 5.92. The molecule has 0 bridgehead atoms. The van der Waals surface area contributed by atoms with E-state index in [2.05, 4.69) is 10.6 Å². The van der Waals surface area contributed by atoms with Crippen molar-refractivity contribution in [2.24, 2.45) is 5.92 Å². The van der Waals surface area contributed by atoms with Gasteiger partial charge in [0.1, 0.15) is 17.7 Å². The van der Waals surface area contributed by atoms with E-state index in [1.165, 1.54) is 0 Å². The molecular formula is C28H47N3O4. The Labute approximate surface area is 212 Å². The zero-order valence-corrected chi connectivity index (χ0v) is 23.7. The van der Waals surface area contributed by atoms with Crippen LogP contribution < -0.4 is 10.6 Å². The Morgan fingerprint density at radius 3 is 1.94 bits per heavy atom. The van der Waals surface area contributed by atoms with Gasteiger partial charge in [-0.05, 0) is 79.7 Å². The van der Waals surface area contributed by atoms with Crippen LogP contribution in [0.2, 0.25) is 0 Å². The van der Waals surface area contributed by atoms with Crippen LogP contribution in [0.25, 0.3) is 0 Å². The molecule has 2 N–H and O–H groups in total. The lowest BCUT2D eigenvalue weighted by molar-refractivity contribution is -0.143. The molecule has 7 heteroatoms. The summed E-state index contributed by atoms with van der Waals surface area (Å²) >= 11 is 0. The molecule has 0 aliphatic carbocycles. The van der Waals surface area contributed by atoms with E-state index in [0.29, 0.717) is 19.4 Å². The predicted octanol–water partition coefficient (Wildman–Crippen LogP) is 5.44. The largest absolute Gasteiger partial charge is 0.444 e. The first-order valence-corrected chi connectivity index (χ1v) is 12.6. The molecule has 1 rings (SSSR count). The zero-order chi connectivity index (χ0) is 27.1. The van der Waals surface area contributed by atoms with E-state index in [-0.39, 0.29) is 17.7 Å². The van der Waals surface area contributed by atoms with Crippen LogP contribution in [0, 0.1) is 19.8 Å². The number of alkyl carbamates (subject to hydrolysis) is 1. The number of carbonyl (C=O) groups is 3. The fraction of sp³-hybridized carbons (Fsp3) is 0.679. The summed E-state index contributed by atoms with van der Waals surface area (Å²) in [4.78, 5) is 41.9. The van der Waals surface area contributed by atoms with Gasteiger partial charge in [-0.3, -0.25) is 9.59 Å². The highest BCUT2D eigenvalue weighted by atomic mass is 16.6. The standard InChI is InChI=1S/C28H47N3O4/c1-12-13-31(25(33)22(14-18(2)3)29-26(34)35-28(9,10)11)23(24(32)30-27(6,7)8)21-16-19(4)15-20(5)17-21/h15-18,22-23H,12-14H2,1-11H3,(H,29,34)(H,30,32). The monoisotopic (exact) mass is 489 g/mol. The van der Waals surface area contributed by atoms with Crippen LogP contribution in [0.1, 0.15) is 97.9 Å². The maximum absolute atomic E-state index is 14.0. The molecule has 0 heterocycles. The molecule has 0 aromatic heterocycles. The van der Waals surface area contributed by atoms with Crippen molar-refractivity contribution in [1.82, 2.24) is 15.5 Å². The van der Waals surface area contributed by atoms with Gasteiger partial charge in [0.25, 0.3) is 0 Å². The molecule has 1 aromatic carbocycles. The molecule has 3 amide bonds. The van der Waals surface area contributed by atoms with Gasteiger partial charge in [0.15, 0.2) is 0 Å². The van der Waals surface area contributed by atoms with Crippen molar-refractivity contribution >= 4 is 17.9 Å². The number of hydrogen-bond acceptors (Lipinski definition) is 4. The van der Waals surface area contributed by atoms with Crippen LogP contribution in [-0.4, -0.2) is 46.5 Å². The minimum Gasteiger partial charge on any atom is -0.444 e. The van der Waals surface area contributed by atoms with Crippen LogP contribution in [0.4, 0.5) is 4.79 Å². The molecule has 2 unspecified atom stereocenters. The Morgan fingerprint density at radius 2 is 1.51 bits per heavy atom. The molecule has 0 spiro atoms. The van der Waals surface area contributed by atoms with Crippen molar-refractivity contribution in [2.75, 3.05) is 6.54 Å². The second-order valence-electron chi connectivity index (χ2n) is 11.9. The van der Waals surface area contributed by atoms with Crippen LogP contribution in [-0.2, 0) is 14.3 Å². The molecule has 0 saturated carbocycles. The van der Waals surface area contributed by atoms with Crippen molar-refractivity contribution in [1.29, 1.82) is 0 Å². The number of aryl methyl sites for hydroxylation is 2. The molecule has 0 aliphatic rings. The summed E-state index contributed by atoms with van der Waals surface area (Å²) in [6.45, 7) is 21.4. The van der Waals surface area contributed by atoms with Crippen molar-refractivity contribution in [3.63, 3.8) is 0 Å². The van der Waals surface area contributed by atoms with E-state index in [9.17, 15) is 14.4 Å². The number of benzene rings is 1. The SMILES string of the molecule is CCCN(C(=O)C(CC(C)C)NC(=O)OC(C)(C)C)C(C(=O)NC(C)(C)C)c1cc(C)cc(C)c1. The number of ether oxygens (including phenoxy) is 1. The summed E-state index contributed by atoms with van der Waals surface area (Å²) in [5.41, 5.74) is 1.63. The van der Waals surface area contributed by atoms with Crippen molar-refractivity contribution in [2.45, 2.75) is 112 Å². The number of amides is 3. The molecule has 35 heavy (non-hydrogen) atoms. The molecule has 0 aliphatic heterocycles. The summed E-state index contributed by atoms with van der Waals surface area (Å²) in [7, 11) is 0. The number of hydrogen-bond donors (Lipinski definition) is 2. The van der Waals surface area contributed by atoms with Gasteiger partial charge < -0.3 is 20.3 Å². The van der Waals surface area contributed by atoms with E-state index >= 15 is 0 Å². The Hall–Kier alpha value is -2.57. The van der Waals surface area contributed by atoms with Gasteiger partial charge in [0.05, 0.1) is 0 Å². The first kappa shape index (κ1) is 30.5. The number of rotatable bonds is 9. The maximum Gasteiger partial charge on any atom is 0.408 e. The summed E-state index contributed by atoms with van der Waals surface area (Å²) in [6, 6.07) is 4.31. The quantitative estimate of drug-likeness (QED) is 0.484. The first-order valence-electron chi connectivity index (χ1n) is 12.6. The lowest BCUT2D eigenvalue weighted by Gasteiger charge is -2.36. The van der Waals surface area contributed by atoms with E-state index in [4.69, 9.17) is 4.74 Å². The third-order valence-electron chi connectivity index (χ3n) is 5.06. The first-order chi connectivity index (χ1) is 15.9. The lowest BCUT2D eigenvalue weighted by atomic mass is 9.96. The third-order valence-corrected chi connectivity index (χ3v) is 5.06. The molecule has 2 atom stereocenters. The second kappa shape index (κ2) is 12.4. The average molecular weight is 490 g/mol. The van der Waals surface area contributed by atoms with E-state index in [1.807, 2.05) is 73.6 Å². The minimum atomic E-state index is -0.824. The second-order valence-corrected chi connectivity index (χ2v) is 11.9. The summed E-state index contributed by atoms with van der Waals surface area (Å²) < 4.78 is 5.43. The van der Waals surface area contributed by atoms with Gasteiger partial charge in [-0.1, -0.05) is 50.1 Å². The third kappa shape index (κ3) is 10.7. The van der Waals surface area contributed by atoms with Gasteiger partial charge in [-0.15, -0.1) is 0 Å². The molecule has 1 aromatic rings. The summed E-state index contributed by atoms with van der Waals surface area (Å²) in [5, 5.41) is 5.83. The van der Waals surface area contributed by atoms with Gasteiger partial charge in [0.2, 0.25) is 11.8 Å². The van der Waals surface area contributed by atoms with Gasteiger partial charge in [0, 0.05) is 12.1 Å². The Kier molecular flexibility index (Phi) is 10.8. The van der Waals surface area contributed by atoms with E-state index in [1.54, 1.807) is 25.7 Å². The topological polar surface area (TPSA) is 87.7 Å². The maximum atomic E-state index is 14.0. The van der Waals surface area contributed by atoms with Gasteiger partial charge in [-0.25, -0.2) is 4.79 Å². The van der Waals surface area contributed by atoms with Gasteiger partial charge >= 0.3 is 6.09 Å². The summed E-state index contributed by atoms with van der Waals surface area (Å²) in [6.07, 6.45) is 0.449. The zero-order valence-electron chi connectivity index (χ0n) is 23.7. The van der Waals surface area contributed by atoms with Crippen molar-refractivity contribution < 1.29 is 19.1 Å². The van der Waals surface area contributed by atoms with E-state index < -0.39 is 29.3 Å². The van der Waals surface area contributed by atoms with Crippen molar-refractivity contribution in [3.05, 3.63) is 34.9 Å². The lowest BCUT2D eigenvalue weighted by Crippen LogP contribution is -2.55.